The van der Waals surface area contributed by atoms with Gasteiger partial charge in [0.25, 0.3) is 5.91 Å². The van der Waals surface area contributed by atoms with E-state index in [1.54, 1.807) is 4.90 Å². The fraction of sp³-hybridized carbons (Fsp3) is 0.526. The van der Waals surface area contributed by atoms with Crippen LogP contribution < -0.4 is 11.1 Å². The molecule has 1 aromatic rings. The average Bonchev–Trinajstić information content (AvgIpc) is 3.15. The van der Waals surface area contributed by atoms with Crippen molar-refractivity contribution in [3.8, 4) is 0 Å². The molecule has 1 aliphatic carbocycles. The summed E-state index contributed by atoms with van der Waals surface area (Å²) in [6.45, 7) is 1.72. The lowest BCUT2D eigenvalue weighted by atomic mass is 9.92. The van der Waals surface area contributed by atoms with Crippen LogP contribution in [0.5, 0.6) is 0 Å². The molecule has 0 bridgehead atoms. The Morgan fingerprint density at radius 1 is 1.22 bits per heavy atom. The van der Waals surface area contributed by atoms with Crippen molar-refractivity contribution in [3.05, 3.63) is 35.4 Å². The summed E-state index contributed by atoms with van der Waals surface area (Å²) in [5.41, 5.74) is 6.63. The molecule has 27 heavy (non-hydrogen) atoms. The molecule has 1 spiro atoms. The Labute approximate surface area is 164 Å². The molecule has 1 aromatic carbocycles. The lowest BCUT2D eigenvalue weighted by Crippen LogP contribution is -2.47. The molecule has 2 fully saturated rings. The summed E-state index contributed by atoms with van der Waals surface area (Å²) in [6, 6.07) is 7.21. The number of benzene rings is 1. The Kier molecular flexibility index (Phi) is 5.44. The summed E-state index contributed by atoms with van der Waals surface area (Å²) < 4.78 is 0. The number of urea groups is 1. The predicted octanol–water partition coefficient (Wildman–Crippen LogP) is 0.999. The minimum Gasteiger partial charge on any atom is -0.341 e. The van der Waals surface area contributed by atoms with Crippen LogP contribution in [0.1, 0.15) is 30.4 Å². The summed E-state index contributed by atoms with van der Waals surface area (Å²) in [6.07, 6.45) is 3.04. The van der Waals surface area contributed by atoms with Gasteiger partial charge in [-0.3, -0.25) is 14.5 Å². The zero-order valence-electron chi connectivity index (χ0n) is 15.1. The normalized spacial score (nSPS) is 24.8. The number of imide groups is 1. The van der Waals surface area contributed by atoms with E-state index >= 15 is 0 Å². The number of hydrogen-bond donors (Lipinski definition) is 2. The molecule has 3 N–H and O–H groups in total. The van der Waals surface area contributed by atoms with Crippen molar-refractivity contribution >= 4 is 30.3 Å². The van der Waals surface area contributed by atoms with E-state index in [1.165, 1.54) is 0 Å². The van der Waals surface area contributed by atoms with Crippen molar-refractivity contribution in [1.82, 2.24) is 15.1 Å². The number of amides is 4. The van der Waals surface area contributed by atoms with Gasteiger partial charge in [0.2, 0.25) is 5.91 Å². The van der Waals surface area contributed by atoms with Crippen molar-refractivity contribution < 1.29 is 14.4 Å². The highest BCUT2D eigenvalue weighted by Gasteiger charge is 2.55. The second kappa shape index (κ2) is 7.48. The number of nitrogens with two attached hydrogens (primary N) is 1. The number of carbonyl (C=O) groups is 3. The average molecular weight is 393 g/mol. The van der Waals surface area contributed by atoms with Gasteiger partial charge in [-0.15, -0.1) is 12.4 Å². The fourth-order valence-electron chi connectivity index (χ4n) is 4.39. The zero-order valence-corrected chi connectivity index (χ0v) is 16.0. The molecular weight excluding hydrogens is 368 g/mol. The van der Waals surface area contributed by atoms with Gasteiger partial charge in [-0.05, 0) is 49.3 Å². The first-order valence-corrected chi connectivity index (χ1v) is 9.25. The van der Waals surface area contributed by atoms with E-state index in [-0.39, 0.29) is 30.8 Å². The maximum atomic E-state index is 13.1. The van der Waals surface area contributed by atoms with Crippen molar-refractivity contribution in [2.45, 2.75) is 31.2 Å². The van der Waals surface area contributed by atoms with Crippen LogP contribution in [0.15, 0.2) is 24.3 Å². The number of nitrogens with one attached hydrogen (secondary N) is 1. The van der Waals surface area contributed by atoms with Crippen LogP contribution in [0.25, 0.3) is 0 Å². The highest BCUT2D eigenvalue weighted by atomic mass is 35.5. The monoisotopic (exact) mass is 392 g/mol. The maximum Gasteiger partial charge on any atom is 0.325 e. The van der Waals surface area contributed by atoms with Crippen molar-refractivity contribution in [2.24, 2.45) is 11.7 Å². The second-order valence-corrected chi connectivity index (χ2v) is 7.44. The Hall–Kier alpha value is -2.12. The third-order valence-corrected chi connectivity index (χ3v) is 6.02. The third kappa shape index (κ3) is 3.19. The summed E-state index contributed by atoms with van der Waals surface area (Å²) in [7, 11) is 0. The molecule has 0 radical (unpaired) electrons. The molecule has 2 aliphatic heterocycles. The van der Waals surface area contributed by atoms with Crippen LogP contribution >= 0.6 is 12.4 Å². The minimum absolute atomic E-state index is 0. The Balaban J connectivity index is 0.00000210. The van der Waals surface area contributed by atoms with Gasteiger partial charge in [-0.1, -0.05) is 24.3 Å². The molecule has 4 rings (SSSR count). The van der Waals surface area contributed by atoms with Crippen molar-refractivity contribution in [3.63, 3.8) is 0 Å². The van der Waals surface area contributed by atoms with Crippen LogP contribution in [-0.2, 0) is 21.5 Å². The van der Waals surface area contributed by atoms with Gasteiger partial charge in [0.05, 0.1) is 0 Å². The van der Waals surface area contributed by atoms with Gasteiger partial charge in [0, 0.05) is 13.1 Å². The van der Waals surface area contributed by atoms with Gasteiger partial charge in [0.1, 0.15) is 12.1 Å². The highest BCUT2D eigenvalue weighted by molar-refractivity contribution is 6.09. The summed E-state index contributed by atoms with van der Waals surface area (Å²) >= 11 is 0. The number of carbonyl (C=O) groups excluding carboxylic acids is 3. The van der Waals surface area contributed by atoms with Gasteiger partial charge < -0.3 is 16.0 Å². The van der Waals surface area contributed by atoms with E-state index in [0.29, 0.717) is 32.0 Å². The first-order valence-electron chi connectivity index (χ1n) is 9.25. The summed E-state index contributed by atoms with van der Waals surface area (Å²) in [4.78, 5) is 41.0. The Morgan fingerprint density at radius 2 is 1.93 bits per heavy atom. The first kappa shape index (κ1) is 19.6. The van der Waals surface area contributed by atoms with E-state index in [2.05, 4.69) is 5.32 Å². The molecule has 1 unspecified atom stereocenters. The number of likely N-dealkylation sites (tertiary alicyclic amines) is 1. The van der Waals surface area contributed by atoms with Gasteiger partial charge >= 0.3 is 6.03 Å². The lowest BCUT2D eigenvalue weighted by molar-refractivity contribution is -0.139. The molecule has 8 heteroatoms. The number of piperidine rings is 1. The number of rotatable bonds is 3. The smallest absolute Gasteiger partial charge is 0.325 e. The molecule has 2 heterocycles. The van der Waals surface area contributed by atoms with Gasteiger partial charge in [-0.25, -0.2) is 4.79 Å². The molecule has 4 amide bonds. The third-order valence-electron chi connectivity index (χ3n) is 6.02. The second-order valence-electron chi connectivity index (χ2n) is 7.44. The van der Waals surface area contributed by atoms with Crippen molar-refractivity contribution in [2.75, 3.05) is 26.2 Å². The fourth-order valence-corrected chi connectivity index (χ4v) is 4.39. The quantitative estimate of drug-likeness (QED) is 0.750. The first-order chi connectivity index (χ1) is 12.5. The number of aryl methyl sites for hydroxylation is 1. The Morgan fingerprint density at radius 3 is 2.63 bits per heavy atom. The zero-order chi connectivity index (χ0) is 18.3. The molecular formula is C19H25ClN4O3. The van der Waals surface area contributed by atoms with Crippen LogP contribution in [-0.4, -0.2) is 53.8 Å². The van der Waals surface area contributed by atoms with E-state index in [0.717, 1.165) is 35.3 Å². The molecule has 0 saturated carbocycles. The Bertz CT molecular complexity index is 763. The molecule has 0 aromatic heterocycles. The van der Waals surface area contributed by atoms with Crippen LogP contribution in [0.3, 0.4) is 0 Å². The molecule has 1 atom stereocenters. The van der Waals surface area contributed by atoms with E-state index in [4.69, 9.17) is 5.73 Å². The van der Waals surface area contributed by atoms with E-state index in [9.17, 15) is 14.4 Å². The topological polar surface area (TPSA) is 95.7 Å². The standard InChI is InChI=1S/C19H24N4O3.ClH/c20-11-13-6-9-22(10-7-13)16(24)12-23-17(25)19(21-18(23)26)8-5-14-3-1-2-4-15(14)19;/h1-4,13H,5-12,20H2,(H,21,26);1H. The van der Waals surface area contributed by atoms with Crippen molar-refractivity contribution in [1.29, 1.82) is 0 Å². The molecule has 146 valence electrons. The van der Waals surface area contributed by atoms with Gasteiger partial charge in [0.15, 0.2) is 0 Å². The van der Waals surface area contributed by atoms with Gasteiger partial charge in [-0.2, -0.15) is 0 Å². The number of fused-ring (bicyclic) bond motifs is 2. The molecule has 7 nitrogen and oxygen atoms in total. The highest BCUT2D eigenvalue weighted by Crippen LogP contribution is 2.41. The maximum absolute atomic E-state index is 13.1. The minimum atomic E-state index is -1.000. The number of halogens is 1. The lowest BCUT2D eigenvalue weighted by Gasteiger charge is -2.32. The summed E-state index contributed by atoms with van der Waals surface area (Å²) in [5.74, 6) is -0.0287. The SMILES string of the molecule is Cl.NCC1CCN(C(=O)CN2C(=O)NC3(CCc4ccccc43)C2=O)CC1. The molecule has 3 aliphatic rings. The van der Waals surface area contributed by atoms with E-state index in [1.807, 2.05) is 24.3 Å². The van der Waals surface area contributed by atoms with Crippen LogP contribution in [0.4, 0.5) is 4.79 Å². The predicted molar refractivity (Wildman–Crippen MR) is 102 cm³/mol. The summed E-state index contributed by atoms with van der Waals surface area (Å²) in [5, 5.41) is 2.86. The van der Waals surface area contributed by atoms with Crippen LogP contribution in [0.2, 0.25) is 0 Å². The molecule has 2 saturated heterocycles. The van der Waals surface area contributed by atoms with Crippen LogP contribution in [0, 0.1) is 5.92 Å². The largest absolute Gasteiger partial charge is 0.341 e. The number of hydrogen-bond acceptors (Lipinski definition) is 4. The van der Waals surface area contributed by atoms with E-state index < -0.39 is 11.6 Å². The number of nitrogens with zero attached hydrogens (tertiary/aromatic N) is 2.